The summed E-state index contributed by atoms with van der Waals surface area (Å²) in [5, 5.41) is 3.05. The van der Waals surface area contributed by atoms with Crippen molar-refractivity contribution in [2.75, 3.05) is 32.6 Å². The number of nitrogens with one attached hydrogen (secondary N) is 1. The molecule has 0 spiro atoms. The summed E-state index contributed by atoms with van der Waals surface area (Å²) in [4.78, 5) is 15.2. The Morgan fingerprint density at radius 2 is 1.63 bits per heavy atom. The first-order valence-electron chi connectivity index (χ1n) is 11.3. The van der Waals surface area contributed by atoms with E-state index in [0.717, 1.165) is 15.5 Å². The minimum absolute atomic E-state index is 0.0640. The molecular formula is C26H28N2O5S2. The first-order valence-corrected chi connectivity index (χ1v) is 13.5. The van der Waals surface area contributed by atoms with Gasteiger partial charge in [-0.1, -0.05) is 42.1 Å². The number of carbonyl (C=O) groups excluding carboxylic acids is 1. The van der Waals surface area contributed by atoms with Gasteiger partial charge in [0.05, 0.1) is 19.9 Å². The van der Waals surface area contributed by atoms with E-state index in [0.29, 0.717) is 18.6 Å². The summed E-state index contributed by atoms with van der Waals surface area (Å²) in [7, 11) is -0.873. The molecule has 0 saturated carbocycles. The number of hydrogen-bond acceptors (Lipinski definition) is 6. The first-order chi connectivity index (χ1) is 16.9. The number of para-hydroxylation sites is 1. The third-order valence-electron chi connectivity index (χ3n) is 5.93. The van der Waals surface area contributed by atoms with E-state index >= 15 is 0 Å². The molecule has 0 radical (unpaired) electrons. The monoisotopic (exact) mass is 512 g/mol. The SMILES string of the molecule is COc1ccc(OC)c(S(=O)(=O)N2CCC(C(=O)Nc3ccccc3Sc3ccccc3)CC2)c1. The van der Waals surface area contributed by atoms with Crippen LogP contribution in [0.25, 0.3) is 0 Å². The number of carbonyl (C=O) groups is 1. The van der Waals surface area contributed by atoms with Gasteiger partial charge in [0.1, 0.15) is 16.4 Å². The van der Waals surface area contributed by atoms with Crippen molar-refractivity contribution in [3.05, 3.63) is 72.8 Å². The maximum Gasteiger partial charge on any atom is 0.246 e. The van der Waals surface area contributed by atoms with Gasteiger partial charge >= 0.3 is 0 Å². The molecule has 1 saturated heterocycles. The van der Waals surface area contributed by atoms with Crippen LogP contribution in [-0.2, 0) is 14.8 Å². The molecule has 1 fully saturated rings. The van der Waals surface area contributed by atoms with Gasteiger partial charge in [0.15, 0.2) is 0 Å². The topological polar surface area (TPSA) is 84.9 Å². The zero-order chi connectivity index (χ0) is 24.8. The maximum atomic E-state index is 13.3. The van der Waals surface area contributed by atoms with Gasteiger partial charge in [-0.15, -0.1) is 0 Å². The number of ether oxygens (including phenoxy) is 2. The average molecular weight is 513 g/mol. The molecule has 3 aromatic carbocycles. The number of hydrogen-bond donors (Lipinski definition) is 1. The van der Waals surface area contributed by atoms with Crippen LogP contribution < -0.4 is 14.8 Å². The predicted molar refractivity (Wildman–Crippen MR) is 137 cm³/mol. The summed E-state index contributed by atoms with van der Waals surface area (Å²) in [5.74, 6) is 0.328. The molecule has 9 heteroatoms. The lowest BCUT2D eigenvalue weighted by Crippen LogP contribution is -2.41. The van der Waals surface area contributed by atoms with Gasteiger partial charge in [0.2, 0.25) is 15.9 Å². The molecule has 0 atom stereocenters. The molecule has 1 aliphatic rings. The molecule has 0 unspecified atom stereocenters. The normalized spacial score (nSPS) is 14.9. The summed E-state index contributed by atoms with van der Waals surface area (Å²) in [6.07, 6.45) is 0.872. The minimum atomic E-state index is -3.79. The van der Waals surface area contributed by atoms with Gasteiger partial charge in [0, 0.05) is 34.9 Å². The smallest absolute Gasteiger partial charge is 0.246 e. The largest absolute Gasteiger partial charge is 0.497 e. The van der Waals surface area contributed by atoms with Gasteiger partial charge in [-0.25, -0.2) is 8.42 Å². The second-order valence-corrected chi connectivity index (χ2v) is 11.1. The zero-order valence-electron chi connectivity index (χ0n) is 19.6. The number of methoxy groups -OCH3 is 2. The van der Waals surface area contributed by atoms with Gasteiger partial charge in [-0.3, -0.25) is 4.79 Å². The van der Waals surface area contributed by atoms with Crippen molar-refractivity contribution in [2.45, 2.75) is 27.5 Å². The van der Waals surface area contributed by atoms with E-state index in [1.54, 1.807) is 23.9 Å². The van der Waals surface area contributed by atoms with Crippen LogP contribution in [0.15, 0.2) is 87.5 Å². The third-order valence-corrected chi connectivity index (χ3v) is 8.93. The molecule has 7 nitrogen and oxygen atoms in total. The van der Waals surface area contributed by atoms with Crippen molar-refractivity contribution in [1.29, 1.82) is 0 Å². The molecule has 0 bridgehead atoms. The lowest BCUT2D eigenvalue weighted by atomic mass is 9.97. The van der Waals surface area contributed by atoms with Crippen molar-refractivity contribution >= 4 is 33.4 Å². The Kier molecular flexibility index (Phi) is 8.00. The summed E-state index contributed by atoms with van der Waals surface area (Å²) < 4.78 is 38.5. The van der Waals surface area contributed by atoms with Gasteiger partial charge in [-0.2, -0.15) is 4.31 Å². The number of sulfonamides is 1. The van der Waals surface area contributed by atoms with Crippen LogP contribution >= 0.6 is 11.8 Å². The second-order valence-electron chi connectivity index (χ2n) is 8.10. The van der Waals surface area contributed by atoms with E-state index in [1.807, 2.05) is 54.6 Å². The maximum absolute atomic E-state index is 13.3. The van der Waals surface area contributed by atoms with Crippen LogP contribution in [0.4, 0.5) is 5.69 Å². The van der Waals surface area contributed by atoms with Crippen LogP contribution in [0, 0.1) is 5.92 Å². The Morgan fingerprint density at radius 1 is 0.943 bits per heavy atom. The molecule has 35 heavy (non-hydrogen) atoms. The van der Waals surface area contributed by atoms with Gasteiger partial charge in [-0.05, 0) is 49.2 Å². The molecule has 184 valence electrons. The standard InChI is InChI=1S/C26H28N2O5S2/c1-32-20-12-13-23(33-2)25(18-20)35(30,31)28-16-14-19(15-17-28)26(29)27-22-10-6-7-11-24(22)34-21-8-4-3-5-9-21/h3-13,18-19H,14-17H2,1-2H3,(H,27,29). The summed E-state index contributed by atoms with van der Waals surface area (Å²) in [6, 6.07) is 22.4. The Balaban J connectivity index is 1.42. The highest BCUT2D eigenvalue weighted by Crippen LogP contribution is 2.35. The molecular weight excluding hydrogens is 484 g/mol. The molecule has 1 amide bonds. The van der Waals surface area contributed by atoms with E-state index in [4.69, 9.17) is 9.47 Å². The highest BCUT2D eigenvalue weighted by Gasteiger charge is 2.34. The summed E-state index contributed by atoms with van der Waals surface area (Å²) in [5.41, 5.74) is 0.752. The lowest BCUT2D eigenvalue weighted by Gasteiger charge is -2.31. The summed E-state index contributed by atoms with van der Waals surface area (Å²) >= 11 is 1.59. The Labute approximate surface area is 210 Å². The fourth-order valence-corrected chi connectivity index (χ4v) is 6.56. The lowest BCUT2D eigenvalue weighted by molar-refractivity contribution is -0.120. The van der Waals surface area contributed by atoms with Crippen LogP contribution in [0.2, 0.25) is 0 Å². The molecule has 1 heterocycles. The molecule has 0 aromatic heterocycles. The predicted octanol–water partition coefficient (Wildman–Crippen LogP) is 4.89. The van der Waals surface area contributed by atoms with E-state index in [-0.39, 0.29) is 35.6 Å². The van der Waals surface area contributed by atoms with E-state index in [1.165, 1.54) is 24.6 Å². The number of amides is 1. The molecule has 1 N–H and O–H groups in total. The Bertz CT molecular complexity index is 1270. The van der Waals surface area contributed by atoms with Crippen molar-refractivity contribution in [1.82, 2.24) is 4.31 Å². The number of piperidine rings is 1. The minimum Gasteiger partial charge on any atom is -0.497 e. The van der Waals surface area contributed by atoms with Gasteiger partial charge < -0.3 is 14.8 Å². The number of anilines is 1. The van der Waals surface area contributed by atoms with Crippen molar-refractivity contribution in [3.63, 3.8) is 0 Å². The zero-order valence-corrected chi connectivity index (χ0v) is 21.3. The molecule has 1 aliphatic heterocycles. The molecule has 4 rings (SSSR count). The second kappa shape index (κ2) is 11.2. The van der Waals surface area contributed by atoms with Crippen molar-refractivity contribution in [3.8, 4) is 11.5 Å². The number of rotatable bonds is 8. The van der Waals surface area contributed by atoms with Crippen molar-refractivity contribution < 1.29 is 22.7 Å². The Hall–Kier alpha value is -3.01. The van der Waals surface area contributed by atoms with Gasteiger partial charge in [0.25, 0.3) is 0 Å². The van der Waals surface area contributed by atoms with E-state index in [9.17, 15) is 13.2 Å². The van der Waals surface area contributed by atoms with Crippen LogP contribution in [0.1, 0.15) is 12.8 Å². The third kappa shape index (κ3) is 5.80. The van der Waals surface area contributed by atoms with Crippen molar-refractivity contribution in [2.24, 2.45) is 5.92 Å². The van der Waals surface area contributed by atoms with E-state index in [2.05, 4.69) is 5.32 Å². The number of nitrogens with zero attached hydrogens (tertiary/aromatic N) is 1. The van der Waals surface area contributed by atoms with Crippen LogP contribution in [0.5, 0.6) is 11.5 Å². The van der Waals surface area contributed by atoms with Crippen LogP contribution in [0.3, 0.4) is 0 Å². The fraction of sp³-hybridized carbons (Fsp3) is 0.269. The fourth-order valence-electron chi connectivity index (χ4n) is 3.99. The molecule has 0 aliphatic carbocycles. The summed E-state index contributed by atoms with van der Waals surface area (Å²) in [6.45, 7) is 0.502. The highest BCUT2D eigenvalue weighted by molar-refractivity contribution is 7.99. The molecule has 3 aromatic rings. The Morgan fingerprint density at radius 3 is 2.31 bits per heavy atom. The quantitative estimate of drug-likeness (QED) is 0.462. The highest BCUT2D eigenvalue weighted by atomic mass is 32.2. The average Bonchev–Trinajstić information content (AvgIpc) is 2.90. The number of benzene rings is 3. The first kappa shape index (κ1) is 25.1. The van der Waals surface area contributed by atoms with E-state index < -0.39 is 10.0 Å². The van der Waals surface area contributed by atoms with Crippen LogP contribution in [-0.4, -0.2) is 45.9 Å².